The third kappa shape index (κ3) is 3.15. The highest BCUT2D eigenvalue weighted by molar-refractivity contribution is 5.52. The Labute approximate surface area is 87.6 Å². The predicted molar refractivity (Wildman–Crippen MR) is 55.5 cm³/mol. The summed E-state index contributed by atoms with van der Waals surface area (Å²) in [6, 6.07) is 7.99. The first-order valence-electron chi connectivity index (χ1n) is 4.38. The fourth-order valence-electron chi connectivity index (χ4n) is 1.27. The van der Waals surface area contributed by atoms with Gasteiger partial charge in [0.25, 0.3) is 0 Å². The van der Waals surface area contributed by atoms with E-state index < -0.39 is 0 Å². The second-order valence-corrected chi connectivity index (χ2v) is 2.76. The van der Waals surface area contributed by atoms with Gasteiger partial charge < -0.3 is 23.0 Å². The van der Waals surface area contributed by atoms with Crippen molar-refractivity contribution in [2.45, 2.75) is 13.8 Å². The Bertz CT molecular complexity index is 234. The van der Waals surface area contributed by atoms with E-state index in [1.807, 2.05) is 12.1 Å². The number of rotatable bonds is 3. The van der Waals surface area contributed by atoms with Crippen molar-refractivity contribution in [2.75, 3.05) is 23.7 Å². The Hall–Kier alpha value is -0.890. The van der Waals surface area contributed by atoms with Gasteiger partial charge in [-0.25, -0.2) is 0 Å². The third-order valence-electron chi connectivity index (χ3n) is 2.02. The van der Waals surface area contributed by atoms with Gasteiger partial charge in [-0.1, -0.05) is 0 Å². The topological polar surface area (TPSA) is 29.3 Å². The normalized spacial score (nSPS) is 9.08. The van der Waals surface area contributed by atoms with Gasteiger partial charge in [-0.15, -0.1) is 0 Å². The minimum absolute atomic E-state index is 0. The second-order valence-electron chi connectivity index (χ2n) is 2.76. The van der Waals surface area contributed by atoms with Crippen LogP contribution in [0.1, 0.15) is 15.3 Å². The highest BCUT2D eigenvalue weighted by Crippen LogP contribution is 2.15. The van der Waals surface area contributed by atoms with Crippen molar-refractivity contribution < 1.29 is 13.8 Å². The van der Waals surface area contributed by atoms with Crippen molar-refractivity contribution in [1.82, 2.24) is 0 Å². The molecule has 0 bridgehead atoms. The number of benzene rings is 1. The molecule has 0 radical (unpaired) electrons. The van der Waals surface area contributed by atoms with Gasteiger partial charge >= 0.3 is 1.43 Å². The summed E-state index contributed by atoms with van der Waals surface area (Å²) in [6.07, 6.45) is 0. The molecule has 0 amide bonds. The van der Waals surface area contributed by atoms with Crippen LogP contribution in [0.2, 0.25) is 0 Å². The minimum atomic E-state index is 0. The van der Waals surface area contributed by atoms with Crippen molar-refractivity contribution >= 4 is 11.4 Å². The van der Waals surface area contributed by atoms with Gasteiger partial charge in [-0.2, -0.15) is 0 Å². The van der Waals surface area contributed by atoms with Crippen molar-refractivity contribution in [2.24, 2.45) is 0 Å². The molecule has 13 heavy (non-hydrogen) atoms. The van der Waals surface area contributed by atoms with Crippen LogP contribution < -0.4 is 23.0 Å². The summed E-state index contributed by atoms with van der Waals surface area (Å²) in [7, 11) is 0. The lowest BCUT2D eigenvalue weighted by Crippen LogP contribution is -3.00. The zero-order valence-electron chi connectivity index (χ0n) is 9.13. The number of hydrogen-bond acceptors (Lipinski definition) is 2. The summed E-state index contributed by atoms with van der Waals surface area (Å²) in [5, 5.41) is 0. The van der Waals surface area contributed by atoms with E-state index in [2.05, 4.69) is 30.9 Å². The Kier molecular flexibility index (Phi) is 5.31. The summed E-state index contributed by atoms with van der Waals surface area (Å²) in [4.78, 5) is 2.29. The Morgan fingerprint density at radius 3 is 2.00 bits per heavy atom. The fraction of sp³-hybridized carbons (Fsp3) is 0.400. The molecule has 1 aromatic carbocycles. The van der Waals surface area contributed by atoms with E-state index in [9.17, 15) is 0 Å². The quantitative estimate of drug-likeness (QED) is 0.650. The van der Waals surface area contributed by atoms with Crippen LogP contribution in [0.4, 0.5) is 11.4 Å². The maximum absolute atomic E-state index is 5.59. The van der Waals surface area contributed by atoms with E-state index in [4.69, 9.17) is 5.73 Å². The molecule has 0 saturated heterocycles. The van der Waals surface area contributed by atoms with Crippen LogP contribution in [-0.4, -0.2) is 13.1 Å². The highest BCUT2D eigenvalue weighted by atomic mass is 35.5. The SMILES string of the molecule is CCN(CC)c1ccc(N)cc1.[Cl-].[H+]. The molecule has 0 unspecified atom stereocenters. The van der Waals surface area contributed by atoms with E-state index >= 15 is 0 Å². The number of nitrogens with zero attached hydrogens (tertiary/aromatic N) is 1. The maximum atomic E-state index is 5.59. The Morgan fingerprint density at radius 1 is 1.15 bits per heavy atom. The van der Waals surface area contributed by atoms with Crippen LogP contribution in [0.3, 0.4) is 0 Å². The monoisotopic (exact) mass is 200 g/mol. The third-order valence-corrected chi connectivity index (χ3v) is 2.02. The first-order valence-corrected chi connectivity index (χ1v) is 4.38. The molecular weight excluding hydrogens is 184 g/mol. The number of nitrogen functional groups attached to an aromatic ring is 1. The van der Waals surface area contributed by atoms with Crippen LogP contribution in [0.15, 0.2) is 24.3 Å². The Balaban J connectivity index is 0. The smallest absolute Gasteiger partial charge is 1.00 e. The molecule has 0 spiro atoms. The largest absolute Gasteiger partial charge is 1.00 e. The van der Waals surface area contributed by atoms with Crippen LogP contribution in [0.25, 0.3) is 0 Å². The number of nitrogens with two attached hydrogens (primary N) is 1. The van der Waals surface area contributed by atoms with Gasteiger partial charge in [0, 0.05) is 24.5 Å². The predicted octanol–water partition coefficient (Wildman–Crippen LogP) is -0.768. The van der Waals surface area contributed by atoms with Gasteiger partial charge in [0.05, 0.1) is 0 Å². The van der Waals surface area contributed by atoms with Crippen molar-refractivity contribution in [3.8, 4) is 0 Å². The van der Waals surface area contributed by atoms with Crippen LogP contribution in [0.5, 0.6) is 0 Å². The molecule has 0 atom stereocenters. The zero-order chi connectivity index (χ0) is 8.97. The van der Waals surface area contributed by atoms with Gasteiger partial charge in [0.2, 0.25) is 0 Å². The van der Waals surface area contributed by atoms with Gasteiger partial charge in [0.15, 0.2) is 0 Å². The molecule has 0 saturated carbocycles. The van der Waals surface area contributed by atoms with Crippen molar-refractivity contribution in [3.63, 3.8) is 0 Å². The molecule has 2 N–H and O–H groups in total. The average molecular weight is 201 g/mol. The summed E-state index contributed by atoms with van der Waals surface area (Å²) in [6.45, 7) is 6.39. The lowest BCUT2D eigenvalue weighted by molar-refractivity contribution is -0.00000259. The fourth-order valence-corrected chi connectivity index (χ4v) is 1.27. The first kappa shape index (κ1) is 12.1. The van der Waals surface area contributed by atoms with Gasteiger partial charge in [-0.05, 0) is 38.1 Å². The molecule has 0 heterocycles. The minimum Gasteiger partial charge on any atom is -1.00 e. The summed E-state index contributed by atoms with van der Waals surface area (Å²) in [5.41, 5.74) is 7.66. The number of hydrogen-bond donors (Lipinski definition) is 1. The molecule has 0 aliphatic heterocycles. The summed E-state index contributed by atoms with van der Waals surface area (Å²) in [5.74, 6) is 0. The Morgan fingerprint density at radius 2 is 1.62 bits per heavy atom. The maximum Gasteiger partial charge on any atom is 1.00 e. The van der Waals surface area contributed by atoms with E-state index in [1.54, 1.807) is 0 Å². The van der Waals surface area contributed by atoms with Crippen LogP contribution in [0, 0.1) is 0 Å². The highest BCUT2D eigenvalue weighted by Gasteiger charge is 1.99. The molecule has 0 aliphatic carbocycles. The van der Waals surface area contributed by atoms with Crippen LogP contribution in [-0.2, 0) is 0 Å². The lowest BCUT2D eigenvalue weighted by atomic mass is 10.2. The van der Waals surface area contributed by atoms with Gasteiger partial charge in [-0.3, -0.25) is 0 Å². The molecule has 0 fully saturated rings. The summed E-state index contributed by atoms with van der Waals surface area (Å²) >= 11 is 0. The standard InChI is InChI=1S/C10H16N2.ClH/c1-3-12(4-2)10-7-5-9(11)6-8-10;/h5-8H,3-4,11H2,1-2H3;1H. The average Bonchev–Trinajstić information content (AvgIpc) is 2.10. The molecule has 0 aromatic heterocycles. The summed E-state index contributed by atoms with van der Waals surface area (Å²) < 4.78 is 0. The van der Waals surface area contributed by atoms with Gasteiger partial charge in [0.1, 0.15) is 0 Å². The number of anilines is 2. The van der Waals surface area contributed by atoms with E-state index in [1.165, 1.54) is 5.69 Å². The van der Waals surface area contributed by atoms with E-state index in [-0.39, 0.29) is 13.8 Å². The molecule has 1 rings (SSSR count). The zero-order valence-corrected chi connectivity index (χ0v) is 8.88. The van der Waals surface area contributed by atoms with E-state index in [0.29, 0.717) is 0 Å². The molecular formula is C10H17ClN2. The molecule has 2 nitrogen and oxygen atoms in total. The lowest BCUT2D eigenvalue weighted by Gasteiger charge is -2.20. The van der Waals surface area contributed by atoms with Crippen molar-refractivity contribution in [1.29, 1.82) is 0 Å². The van der Waals surface area contributed by atoms with Crippen molar-refractivity contribution in [3.05, 3.63) is 24.3 Å². The second kappa shape index (κ2) is 5.70. The van der Waals surface area contributed by atoms with E-state index in [0.717, 1.165) is 18.8 Å². The van der Waals surface area contributed by atoms with Crippen LogP contribution >= 0.6 is 0 Å². The molecule has 1 aromatic rings. The first-order chi connectivity index (χ1) is 5.77. The molecule has 74 valence electrons. The molecule has 3 heteroatoms. The number of halogens is 1. The molecule has 0 aliphatic rings.